The Morgan fingerprint density at radius 3 is 3.07 bits per heavy atom. The summed E-state index contributed by atoms with van der Waals surface area (Å²) in [5, 5.41) is 18.9. The van der Waals surface area contributed by atoms with E-state index in [1.54, 1.807) is 6.33 Å². The molecule has 15 heavy (non-hydrogen) atoms. The van der Waals surface area contributed by atoms with Gasteiger partial charge in [0.25, 0.3) is 0 Å². The Kier molecular flexibility index (Phi) is 4.76. The van der Waals surface area contributed by atoms with Crippen LogP contribution in [0.1, 0.15) is 18.7 Å². The van der Waals surface area contributed by atoms with Gasteiger partial charge in [-0.2, -0.15) is 0 Å². The van der Waals surface area contributed by atoms with E-state index in [0.29, 0.717) is 25.8 Å². The molecule has 0 spiro atoms. The van der Waals surface area contributed by atoms with E-state index in [0.717, 1.165) is 5.82 Å². The van der Waals surface area contributed by atoms with Gasteiger partial charge in [-0.15, -0.1) is 10.2 Å². The summed E-state index contributed by atoms with van der Waals surface area (Å²) in [6.07, 6.45) is 3.18. The monoisotopic (exact) mass is 212 g/mol. The third kappa shape index (κ3) is 4.07. The molecule has 0 unspecified atom stereocenters. The number of nitrogens with zero attached hydrogens (tertiary/aromatic N) is 3. The fourth-order valence-electron chi connectivity index (χ4n) is 1.18. The number of carbonyl (C=O) groups is 1. The summed E-state index contributed by atoms with van der Waals surface area (Å²) in [4.78, 5) is 11.2. The molecule has 0 saturated heterocycles. The third-order valence-electron chi connectivity index (χ3n) is 2.04. The summed E-state index contributed by atoms with van der Waals surface area (Å²) in [6.45, 7) is 0.605. The highest BCUT2D eigenvalue weighted by Gasteiger charge is 2.02. The SMILES string of the molecule is Cn1cnnc1CCNC(=O)CCCO. The zero-order chi connectivity index (χ0) is 11.1. The molecule has 0 aliphatic heterocycles. The fraction of sp³-hybridized carbons (Fsp3) is 0.667. The van der Waals surface area contributed by atoms with Crippen LogP contribution in [0.25, 0.3) is 0 Å². The molecular formula is C9H16N4O2. The van der Waals surface area contributed by atoms with Crippen LogP contribution in [0.15, 0.2) is 6.33 Å². The average molecular weight is 212 g/mol. The molecule has 0 aromatic carbocycles. The van der Waals surface area contributed by atoms with Crippen molar-refractivity contribution in [2.24, 2.45) is 7.05 Å². The smallest absolute Gasteiger partial charge is 0.220 e. The van der Waals surface area contributed by atoms with Gasteiger partial charge in [0.2, 0.25) is 5.91 Å². The number of hydrogen-bond acceptors (Lipinski definition) is 4. The maximum atomic E-state index is 11.2. The summed E-state index contributed by atoms with van der Waals surface area (Å²) < 4.78 is 1.82. The highest BCUT2D eigenvalue weighted by Crippen LogP contribution is 1.92. The van der Waals surface area contributed by atoms with E-state index < -0.39 is 0 Å². The van der Waals surface area contributed by atoms with E-state index >= 15 is 0 Å². The topological polar surface area (TPSA) is 80.0 Å². The predicted molar refractivity (Wildman–Crippen MR) is 54.0 cm³/mol. The first-order chi connectivity index (χ1) is 7.24. The van der Waals surface area contributed by atoms with Crippen molar-refractivity contribution >= 4 is 5.91 Å². The zero-order valence-electron chi connectivity index (χ0n) is 8.81. The van der Waals surface area contributed by atoms with Gasteiger partial charge in [-0.05, 0) is 6.42 Å². The van der Waals surface area contributed by atoms with E-state index in [4.69, 9.17) is 5.11 Å². The van der Waals surface area contributed by atoms with Gasteiger partial charge in [0, 0.05) is 33.0 Å². The van der Waals surface area contributed by atoms with Crippen LogP contribution in [0.3, 0.4) is 0 Å². The fourth-order valence-corrected chi connectivity index (χ4v) is 1.18. The minimum atomic E-state index is -0.0359. The summed E-state index contributed by atoms with van der Waals surface area (Å²) >= 11 is 0. The second kappa shape index (κ2) is 6.13. The molecule has 1 rings (SSSR count). The Morgan fingerprint density at radius 1 is 1.67 bits per heavy atom. The number of rotatable bonds is 6. The maximum Gasteiger partial charge on any atom is 0.220 e. The molecular weight excluding hydrogens is 196 g/mol. The lowest BCUT2D eigenvalue weighted by Gasteiger charge is -2.03. The number of aliphatic hydroxyl groups is 1. The lowest BCUT2D eigenvalue weighted by molar-refractivity contribution is -0.121. The lowest BCUT2D eigenvalue weighted by Crippen LogP contribution is -2.26. The van der Waals surface area contributed by atoms with Crippen LogP contribution in [0, 0.1) is 0 Å². The lowest BCUT2D eigenvalue weighted by atomic mass is 10.3. The number of hydrogen-bond donors (Lipinski definition) is 2. The molecule has 2 N–H and O–H groups in total. The molecule has 0 bridgehead atoms. The van der Waals surface area contributed by atoms with Crippen LogP contribution in [-0.2, 0) is 18.3 Å². The van der Waals surface area contributed by atoms with Gasteiger partial charge in [0.15, 0.2) is 0 Å². The molecule has 6 nitrogen and oxygen atoms in total. The second-order valence-electron chi connectivity index (χ2n) is 3.29. The minimum absolute atomic E-state index is 0.0359. The van der Waals surface area contributed by atoms with E-state index in [-0.39, 0.29) is 12.5 Å². The van der Waals surface area contributed by atoms with Gasteiger partial charge in [-0.3, -0.25) is 4.79 Å². The van der Waals surface area contributed by atoms with E-state index in [1.165, 1.54) is 0 Å². The maximum absolute atomic E-state index is 11.2. The highest BCUT2D eigenvalue weighted by molar-refractivity contribution is 5.75. The third-order valence-corrected chi connectivity index (χ3v) is 2.04. The van der Waals surface area contributed by atoms with Crippen molar-refractivity contribution in [3.63, 3.8) is 0 Å². The van der Waals surface area contributed by atoms with Crippen LogP contribution >= 0.6 is 0 Å². The van der Waals surface area contributed by atoms with Crippen LogP contribution in [0.4, 0.5) is 0 Å². The van der Waals surface area contributed by atoms with Crippen LogP contribution < -0.4 is 5.32 Å². The first-order valence-electron chi connectivity index (χ1n) is 4.94. The first-order valence-corrected chi connectivity index (χ1v) is 4.94. The molecule has 0 saturated carbocycles. The Labute approximate surface area is 88.3 Å². The van der Waals surface area contributed by atoms with E-state index in [9.17, 15) is 4.79 Å². The zero-order valence-corrected chi connectivity index (χ0v) is 8.81. The number of amides is 1. The molecule has 6 heteroatoms. The van der Waals surface area contributed by atoms with Crippen molar-refractivity contribution in [1.82, 2.24) is 20.1 Å². The van der Waals surface area contributed by atoms with Crippen molar-refractivity contribution in [3.8, 4) is 0 Å². The van der Waals surface area contributed by atoms with Gasteiger partial charge in [0.1, 0.15) is 12.2 Å². The van der Waals surface area contributed by atoms with E-state index in [1.807, 2.05) is 11.6 Å². The van der Waals surface area contributed by atoms with Gasteiger partial charge >= 0.3 is 0 Å². The van der Waals surface area contributed by atoms with Crippen molar-refractivity contribution < 1.29 is 9.90 Å². The standard InChI is InChI=1S/C9H16N4O2/c1-13-7-11-12-8(13)4-5-10-9(15)3-2-6-14/h7,14H,2-6H2,1H3,(H,10,15). The summed E-state index contributed by atoms with van der Waals surface area (Å²) in [5.74, 6) is 0.809. The quantitative estimate of drug-likeness (QED) is 0.650. The van der Waals surface area contributed by atoms with Crippen LogP contribution in [-0.4, -0.2) is 38.9 Å². The largest absolute Gasteiger partial charge is 0.396 e. The summed E-state index contributed by atoms with van der Waals surface area (Å²) in [7, 11) is 1.86. The van der Waals surface area contributed by atoms with E-state index in [2.05, 4.69) is 15.5 Å². The molecule has 0 fully saturated rings. The van der Waals surface area contributed by atoms with Crippen molar-refractivity contribution in [1.29, 1.82) is 0 Å². The number of aromatic nitrogens is 3. The van der Waals surface area contributed by atoms with Gasteiger partial charge < -0.3 is 15.0 Å². The number of aliphatic hydroxyl groups excluding tert-OH is 1. The Hall–Kier alpha value is -1.43. The molecule has 0 radical (unpaired) electrons. The van der Waals surface area contributed by atoms with Gasteiger partial charge in [-0.1, -0.05) is 0 Å². The highest BCUT2D eigenvalue weighted by atomic mass is 16.3. The van der Waals surface area contributed by atoms with Crippen molar-refractivity contribution in [3.05, 3.63) is 12.2 Å². The molecule has 0 aliphatic carbocycles. The minimum Gasteiger partial charge on any atom is -0.396 e. The second-order valence-corrected chi connectivity index (χ2v) is 3.29. The van der Waals surface area contributed by atoms with Crippen molar-refractivity contribution in [2.75, 3.05) is 13.2 Å². The number of aryl methyl sites for hydroxylation is 1. The normalized spacial score (nSPS) is 10.3. The average Bonchev–Trinajstić information content (AvgIpc) is 2.61. The molecule has 0 atom stereocenters. The Bertz CT molecular complexity index is 311. The Balaban J connectivity index is 2.16. The first kappa shape index (κ1) is 11.6. The molecule has 1 aromatic rings. The molecule has 1 amide bonds. The Morgan fingerprint density at radius 2 is 2.47 bits per heavy atom. The molecule has 1 heterocycles. The summed E-state index contributed by atoms with van der Waals surface area (Å²) in [5.41, 5.74) is 0. The van der Waals surface area contributed by atoms with Crippen LogP contribution in [0.2, 0.25) is 0 Å². The molecule has 0 aliphatic rings. The molecule has 84 valence electrons. The number of nitrogens with one attached hydrogen (secondary N) is 1. The summed E-state index contributed by atoms with van der Waals surface area (Å²) in [6, 6.07) is 0. The van der Waals surface area contributed by atoms with Crippen LogP contribution in [0.5, 0.6) is 0 Å². The van der Waals surface area contributed by atoms with Gasteiger partial charge in [0.05, 0.1) is 0 Å². The van der Waals surface area contributed by atoms with Gasteiger partial charge in [-0.25, -0.2) is 0 Å². The molecule has 1 aromatic heterocycles. The van der Waals surface area contributed by atoms with Crippen molar-refractivity contribution in [2.45, 2.75) is 19.3 Å². The number of carbonyl (C=O) groups excluding carboxylic acids is 1. The predicted octanol–water partition coefficient (Wildman–Crippen LogP) is -0.754.